The van der Waals surface area contributed by atoms with Crippen molar-refractivity contribution in [3.05, 3.63) is 29.6 Å². The first kappa shape index (κ1) is 15.3. The predicted molar refractivity (Wildman–Crippen MR) is 83.1 cm³/mol. The molecule has 1 heterocycles. The number of hydrogen-bond donors (Lipinski definition) is 0. The van der Waals surface area contributed by atoms with Crippen molar-refractivity contribution < 1.29 is 8.42 Å². The Hall–Kier alpha value is -1.07. The summed E-state index contributed by atoms with van der Waals surface area (Å²) in [6.45, 7) is 4.51. The van der Waals surface area contributed by atoms with Crippen LogP contribution in [0.3, 0.4) is 0 Å². The first-order valence-corrected chi connectivity index (χ1v) is 9.06. The van der Waals surface area contributed by atoms with Gasteiger partial charge in [-0.3, -0.25) is 0 Å². The number of aryl methyl sites for hydroxylation is 2. The monoisotopic (exact) mass is 314 g/mol. The van der Waals surface area contributed by atoms with Crippen LogP contribution in [0.2, 0.25) is 0 Å². The molecule has 0 radical (unpaired) electrons. The van der Waals surface area contributed by atoms with E-state index in [0.717, 1.165) is 22.4 Å². The van der Waals surface area contributed by atoms with Crippen LogP contribution < -0.4 is 0 Å². The van der Waals surface area contributed by atoms with E-state index in [0.29, 0.717) is 13.0 Å². The summed E-state index contributed by atoms with van der Waals surface area (Å²) in [5.41, 5.74) is 3.06. The van der Waals surface area contributed by atoms with E-state index in [2.05, 4.69) is 11.1 Å². The van der Waals surface area contributed by atoms with Crippen molar-refractivity contribution in [1.29, 1.82) is 0 Å². The molecular weight excluding hydrogens is 296 g/mol. The zero-order valence-electron chi connectivity index (χ0n) is 11.9. The van der Waals surface area contributed by atoms with Gasteiger partial charge in [-0.2, -0.15) is 0 Å². The molecule has 0 amide bonds. The molecule has 0 spiro atoms. The summed E-state index contributed by atoms with van der Waals surface area (Å²) in [6.07, 6.45) is 1.82. The Morgan fingerprint density at radius 1 is 1.40 bits per heavy atom. The van der Waals surface area contributed by atoms with E-state index in [4.69, 9.17) is 11.6 Å². The highest BCUT2D eigenvalue weighted by Gasteiger charge is 2.15. The van der Waals surface area contributed by atoms with Crippen LogP contribution in [0.25, 0.3) is 11.0 Å². The van der Waals surface area contributed by atoms with Crippen molar-refractivity contribution in [3.63, 3.8) is 0 Å². The van der Waals surface area contributed by atoms with E-state index in [9.17, 15) is 8.42 Å². The van der Waals surface area contributed by atoms with E-state index < -0.39 is 9.84 Å². The van der Waals surface area contributed by atoms with Crippen molar-refractivity contribution in [2.24, 2.45) is 0 Å². The van der Waals surface area contributed by atoms with Gasteiger partial charge in [-0.05, 0) is 38.0 Å². The number of fused-ring (bicyclic) bond motifs is 1. The number of rotatable bonds is 5. The fourth-order valence-corrected chi connectivity index (χ4v) is 3.09. The lowest BCUT2D eigenvalue weighted by molar-refractivity contribution is 0.590. The molecule has 0 aliphatic carbocycles. The summed E-state index contributed by atoms with van der Waals surface area (Å²) in [4.78, 5) is 4.55. The van der Waals surface area contributed by atoms with Crippen LogP contribution in [0.4, 0.5) is 0 Å². The van der Waals surface area contributed by atoms with E-state index in [1.54, 1.807) is 0 Å². The van der Waals surface area contributed by atoms with Crippen molar-refractivity contribution in [1.82, 2.24) is 9.55 Å². The number of alkyl halides is 1. The molecule has 4 nitrogen and oxygen atoms in total. The molecule has 2 aromatic rings. The summed E-state index contributed by atoms with van der Waals surface area (Å²) in [5.74, 6) is 0.968. The minimum Gasteiger partial charge on any atom is -0.327 e. The van der Waals surface area contributed by atoms with Crippen LogP contribution in [-0.2, 0) is 16.4 Å². The average Bonchev–Trinajstić information content (AvgIpc) is 2.66. The summed E-state index contributed by atoms with van der Waals surface area (Å²) in [5, 5.41) is -0.207. The zero-order valence-corrected chi connectivity index (χ0v) is 13.5. The highest BCUT2D eigenvalue weighted by molar-refractivity contribution is 7.90. The molecule has 1 aromatic heterocycles. The number of halogens is 1. The first-order chi connectivity index (χ1) is 9.28. The summed E-state index contributed by atoms with van der Waals surface area (Å²) in [7, 11) is -2.94. The minimum atomic E-state index is -2.94. The highest BCUT2D eigenvalue weighted by Crippen LogP contribution is 2.25. The Morgan fingerprint density at radius 3 is 2.70 bits per heavy atom. The molecule has 0 fully saturated rings. The van der Waals surface area contributed by atoms with Crippen LogP contribution in [0.1, 0.15) is 30.1 Å². The fourth-order valence-electron chi connectivity index (χ4n) is 2.27. The molecule has 1 unspecified atom stereocenters. The Labute approximate surface area is 124 Å². The number of sulfone groups is 1. The lowest BCUT2D eigenvalue weighted by Crippen LogP contribution is -2.10. The second-order valence-corrected chi connectivity index (χ2v) is 8.13. The number of hydrogen-bond acceptors (Lipinski definition) is 3. The average molecular weight is 315 g/mol. The van der Waals surface area contributed by atoms with Crippen LogP contribution in [0.15, 0.2) is 18.2 Å². The minimum absolute atomic E-state index is 0.175. The predicted octanol–water partition coefficient (Wildman–Crippen LogP) is 3.08. The second-order valence-electron chi connectivity index (χ2n) is 5.21. The third-order valence-electron chi connectivity index (χ3n) is 3.19. The molecular formula is C14H19ClN2O2S. The van der Waals surface area contributed by atoms with Crippen molar-refractivity contribution in [3.8, 4) is 0 Å². The highest BCUT2D eigenvalue weighted by atomic mass is 35.5. The molecule has 0 saturated heterocycles. The quantitative estimate of drug-likeness (QED) is 0.797. The Balaban J connectivity index is 2.38. The molecule has 0 aliphatic rings. The topological polar surface area (TPSA) is 52.0 Å². The largest absolute Gasteiger partial charge is 0.327 e. The lowest BCUT2D eigenvalue weighted by atomic mass is 10.2. The van der Waals surface area contributed by atoms with Gasteiger partial charge in [0.05, 0.1) is 22.2 Å². The van der Waals surface area contributed by atoms with Crippen LogP contribution in [-0.4, -0.2) is 30.0 Å². The van der Waals surface area contributed by atoms with Gasteiger partial charge in [0.25, 0.3) is 0 Å². The van der Waals surface area contributed by atoms with Gasteiger partial charge in [-0.1, -0.05) is 6.07 Å². The van der Waals surface area contributed by atoms with Crippen LogP contribution in [0, 0.1) is 6.92 Å². The third-order valence-corrected chi connectivity index (χ3v) is 4.41. The number of benzene rings is 1. The van der Waals surface area contributed by atoms with E-state index in [-0.39, 0.29) is 11.1 Å². The van der Waals surface area contributed by atoms with E-state index in [1.807, 2.05) is 30.5 Å². The SMILES string of the molecule is Cc1ccc2nc(C(C)Cl)n(CCCS(C)(=O)=O)c2c1. The molecule has 0 saturated carbocycles. The van der Waals surface area contributed by atoms with Gasteiger partial charge < -0.3 is 4.57 Å². The fraction of sp³-hybridized carbons (Fsp3) is 0.500. The molecule has 20 heavy (non-hydrogen) atoms. The van der Waals surface area contributed by atoms with Gasteiger partial charge >= 0.3 is 0 Å². The molecule has 2 rings (SSSR count). The summed E-state index contributed by atoms with van der Waals surface area (Å²) >= 11 is 6.19. The van der Waals surface area contributed by atoms with Gasteiger partial charge in [-0.25, -0.2) is 13.4 Å². The van der Waals surface area contributed by atoms with Gasteiger partial charge in [0.1, 0.15) is 15.7 Å². The maximum absolute atomic E-state index is 11.2. The molecule has 1 aromatic carbocycles. The summed E-state index contributed by atoms with van der Waals surface area (Å²) in [6, 6.07) is 6.05. The van der Waals surface area contributed by atoms with Gasteiger partial charge in [0.2, 0.25) is 0 Å². The van der Waals surface area contributed by atoms with E-state index in [1.165, 1.54) is 6.26 Å². The maximum atomic E-state index is 11.2. The Kier molecular flexibility index (Phi) is 4.39. The maximum Gasteiger partial charge on any atom is 0.147 e. The third kappa shape index (κ3) is 3.52. The zero-order chi connectivity index (χ0) is 14.9. The Morgan fingerprint density at radius 2 is 2.10 bits per heavy atom. The Bertz CT molecular complexity index is 720. The number of nitrogens with zero attached hydrogens (tertiary/aromatic N) is 2. The van der Waals surface area contributed by atoms with Crippen LogP contribution >= 0.6 is 11.6 Å². The van der Waals surface area contributed by atoms with Gasteiger partial charge in [0.15, 0.2) is 0 Å². The van der Waals surface area contributed by atoms with Crippen molar-refractivity contribution in [2.75, 3.05) is 12.0 Å². The normalized spacial score (nSPS) is 13.8. The first-order valence-electron chi connectivity index (χ1n) is 6.56. The lowest BCUT2D eigenvalue weighted by Gasteiger charge is -2.10. The molecule has 0 aliphatic heterocycles. The molecule has 6 heteroatoms. The summed E-state index contributed by atoms with van der Waals surface area (Å²) < 4.78 is 24.5. The molecule has 110 valence electrons. The van der Waals surface area contributed by atoms with Crippen molar-refractivity contribution >= 4 is 32.5 Å². The second kappa shape index (κ2) is 5.74. The standard InChI is InChI=1S/C14H19ClN2O2S/c1-10-5-6-12-13(9-10)17(14(16-12)11(2)15)7-4-8-20(3,18)19/h5-6,9,11H,4,7-8H2,1-3H3. The number of imidazole rings is 1. The molecule has 0 bridgehead atoms. The van der Waals surface area contributed by atoms with E-state index >= 15 is 0 Å². The number of aromatic nitrogens is 2. The van der Waals surface area contributed by atoms with Gasteiger partial charge in [0, 0.05) is 12.8 Å². The molecule has 0 N–H and O–H groups in total. The van der Waals surface area contributed by atoms with Crippen molar-refractivity contribution in [2.45, 2.75) is 32.2 Å². The van der Waals surface area contributed by atoms with Gasteiger partial charge in [-0.15, -0.1) is 11.6 Å². The molecule has 1 atom stereocenters. The van der Waals surface area contributed by atoms with Crippen LogP contribution in [0.5, 0.6) is 0 Å². The smallest absolute Gasteiger partial charge is 0.147 e.